The van der Waals surface area contributed by atoms with Crippen LogP contribution in [0.25, 0.3) is 0 Å². The van der Waals surface area contributed by atoms with Crippen LogP contribution in [0, 0.1) is 11.8 Å². The highest BCUT2D eigenvalue weighted by Gasteiger charge is 2.40. The number of nitrogens with one attached hydrogen (secondary N) is 1. The molecule has 2 fully saturated rings. The smallest absolute Gasteiger partial charge is 0.241 e. The van der Waals surface area contributed by atoms with E-state index in [-0.39, 0.29) is 18.5 Å². The summed E-state index contributed by atoms with van der Waals surface area (Å²) in [5.74, 6) is 1.08. The van der Waals surface area contributed by atoms with Crippen molar-refractivity contribution in [2.24, 2.45) is 11.8 Å². The van der Waals surface area contributed by atoms with Gasteiger partial charge in [0, 0.05) is 10.5 Å². The van der Waals surface area contributed by atoms with Crippen molar-refractivity contribution in [2.75, 3.05) is 17.1 Å². The molecule has 1 aromatic carbocycles. The summed E-state index contributed by atoms with van der Waals surface area (Å²) in [7, 11) is -3.52. The third kappa shape index (κ3) is 3.88. The van der Waals surface area contributed by atoms with Gasteiger partial charge in [-0.3, -0.25) is 9.10 Å². The van der Waals surface area contributed by atoms with Gasteiger partial charge < -0.3 is 5.32 Å². The van der Waals surface area contributed by atoms with Crippen LogP contribution in [0.2, 0.25) is 0 Å². The number of hydrogen-bond donors (Lipinski definition) is 1. The topological polar surface area (TPSA) is 66.5 Å². The van der Waals surface area contributed by atoms with E-state index in [1.54, 1.807) is 18.2 Å². The number of nitrogens with zero attached hydrogens (tertiary/aromatic N) is 1. The Kier molecular flexibility index (Phi) is 4.69. The Bertz CT molecular complexity index is 707. The fourth-order valence-electron chi connectivity index (χ4n) is 3.84. The predicted molar refractivity (Wildman–Crippen MR) is 93.7 cm³/mol. The van der Waals surface area contributed by atoms with E-state index in [9.17, 15) is 13.2 Å². The number of anilines is 1. The van der Waals surface area contributed by atoms with Crippen LogP contribution in [0.3, 0.4) is 0 Å². The molecule has 0 aliphatic heterocycles. The van der Waals surface area contributed by atoms with Crippen LogP contribution < -0.4 is 9.62 Å². The number of carbonyl (C=O) groups is 1. The molecule has 2 aliphatic rings. The summed E-state index contributed by atoms with van der Waals surface area (Å²) in [5, 5.41) is 3.04. The minimum Gasteiger partial charge on any atom is -0.352 e. The molecule has 0 saturated heterocycles. The lowest BCUT2D eigenvalue weighted by atomic mass is 9.95. The lowest BCUT2D eigenvalue weighted by Crippen LogP contribution is -2.45. The van der Waals surface area contributed by atoms with Crippen LogP contribution in [0.4, 0.5) is 5.69 Å². The Labute approximate surface area is 145 Å². The largest absolute Gasteiger partial charge is 0.352 e. The average Bonchev–Trinajstić information content (AvgIpc) is 3.06. The lowest BCUT2D eigenvalue weighted by Gasteiger charge is -2.26. The van der Waals surface area contributed by atoms with Gasteiger partial charge in [-0.2, -0.15) is 0 Å². The van der Waals surface area contributed by atoms with E-state index in [2.05, 4.69) is 21.2 Å². The molecule has 1 N–H and O–H groups in total. The molecule has 0 heterocycles. The number of rotatable bonds is 5. The molecule has 2 aliphatic carbocycles. The van der Waals surface area contributed by atoms with E-state index in [4.69, 9.17) is 0 Å². The number of hydrogen-bond acceptors (Lipinski definition) is 3. The molecule has 126 valence electrons. The maximum Gasteiger partial charge on any atom is 0.241 e. The molecule has 2 bridgehead atoms. The number of amides is 1. The second-order valence-electron chi connectivity index (χ2n) is 6.60. The first kappa shape index (κ1) is 16.8. The molecule has 1 aromatic rings. The summed E-state index contributed by atoms with van der Waals surface area (Å²) < 4.78 is 26.1. The molecule has 0 spiro atoms. The zero-order valence-corrected chi connectivity index (χ0v) is 15.4. The number of sulfonamides is 1. The van der Waals surface area contributed by atoms with Crippen LogP contribution in [0.5, 0.6) is 0 Å². The van der Waals surface area contributed by atoms with Crippen molar-refractivity contribution < 1.29 is 13.2 Å². The minimum absolute atomic E-state index is 0.177. The number of halogens is 1. The van der Waals surface area contributed by atoms with Crippen molar-refractivity contribution in [3.05, 3.63) is 28.7 Å². The SMILES string of the molecule is CS(=O)(=O)N(CC(=O)N[C@@H]1C[C@H]2CC[C@H]1C2)c1cccc(Br)c1. The third-order valence-corrected chi connectivity index (χ3v) is 6.50. The quantitative estimate of drug-likeness (QED) is 0.825. The van der Waals surface area contributed by atoms with Gasteiger partial charge in [-0.15, -0.1) is 0 Å². The Morgan fingerprint density at radius 2 is 2.13 bits per heavy atom. The third-order valence-electron chi connectivity index (χ3n) is 4.87. The summed E-state index contributed by atoms with van der Waals surface area (Å²) in [5.41, 5.74) is 0.491. The summed E-state index contributed by atoms with van der Waals surface area (Å²) in [6.45, 7) is -0.177. The summed E-state index contributed by atoms with van der Waals surface area (Å²) in [6.07, 6.45) is 5.80. The molecule has 0 radical (unpaired) electrons. The molecule has 1 amide bonds. The Morgan fingerprint density at radius 3 is 2.70 bits per heavy atom. The molecule has 0 unspecified atom stereocenters. The van der Waals surface area contributed by atoms with Crippen molar-refractivity contribution in [2.45, 2.75) is 31.7 Å². The van der Waals surface area contributed by atoms with Gasteiger partial charge in [0.1, 0.15) is 6.54 Å². The van der Waals surface area contributed by atoms with Crippen molar-refractivity contribution in [3.8, 4) is 0 Å². The van der Waals surface area contributed by atoms with Crippen molar-refractivity contribution in [1.82, 2.24) is 5.32 Å². The van der Waals surface area contributed by atoms with Crippen LogP contribution >= 0.6 is 15.9 Å². The second kappa shape index (κ2) is 6.43. The normalized spacial score (nSPS) is 26.3. The van der Waals surface area contributed by atoms with Gasteiger partial charge >= 0.3 is 0 Å². The summed E-state index contributed by atoms with van der Waals surface area (Å²) in [4.78, 5) is 12.4. The van der Waals surface area contributed by atoms with E-state index >= 15 is 0 Å². The molecule has 3 atom stereocenters. The number of benzene rings is 1. The van der Waals surface area contributed by atoms with Crippen LogP contribution in [-0.2, 0) is 14.8 Å². The number of carbonyl (C=O) groups excluding carboxylic acids is 1. The molecular formula is C16H21BrN2O3S. The van der Waals surface area contributed by atoms with Gasteiger partial charge in [0.05, 0.1) is 11.9 Å². The van der Waals surface area contributed by atoms with Crippen molar-refractivity contribution in [3.63, 3.8) is 0 Å². The van der Waals surface area contributed by atoms with Gasteiger partial charge in [-0.05, 0) is 49.3 Å². The zero-order valence-electron chi connectivity index (χ0n) is 13.0. The first-order valence-electron chi connectivity index (χ1n) is 7.85. The minimum atomic E-state index is -3.52. The van der Waals surface area contributed by atoms with Gasteiger partial charge in [0.25, 0.3) is 0 Å². The van der Waals surface area contributed by atoms with E-state index in [1.807, 2.05) is 6.07 Å². The van der Waals surface area contributed by atoms with Crippen LogP contribution in [0.15, 0.2) is 28.7 Å². The lowest BCUT2D eigenvalue weighted by molar-refractivity contribution is -0.120. The van der Waals surface area contributed by atoms with Crippen molar-refractivity contribution in [1.29, 1.82) is 0 Å². The predicted octanol–water partition coefficient (Wildman–Crippen LogP) is 2.52. The Morgan fingerprint density at radius 1 is 1.35 bits per heavy atom. The summed E-state index contributed by atoms with van der Waals surface area (Å²) in [6, 6.07) is 7.18. The Balaban J connectivity index is 1.70. The van der Waals surface area contributed by atoms with Crippen LogP contribution in [-0.4, -0.2) is 33.2 Å². The van der Waals surface area contributed by atoms with Gasteiger partial charge in [-0.1, -0.05) is 28.4 Å². The van der Waals surface area contributed by atoms with Gasteiger partial charge in [0.15, 0.2) is 0 Å². The molecule has 0 aromatic heterocycles. The second-order valence-corrected chi connectivity index (χ2v) is 9.42. The van der Waals surface area contributed by atoms with Crippen molar-refractivity contribution >= 4 is 37.5 Å². The highest BCUT2D eigenvalue weighted by Crippen LogP contribution is 2.44. The zero-order chi connectivity index (χ0) is 16.6. The van der Waals surface area contributed by atoms with E-state index in [1.165, 1.54) is 19.3 Å². The van der Waals surface area contributed by atoms with E-state index in [0.29, 0.717) is 11.6 Å². The molecule has 3 rings (SSSR count). The molecular weight excluding hydrogens is 380 g/mol. The monoisotopic (exact) mass is 400 g/mol. The maximum atomic E-state index is 12.4. The van der Waals surface area contributed by atoms with E-state index < -0.39 is 10.0 Å². The summed E-state index contributed by atoms with van der Waals surface area (Å²) >= 11 is 3.33. The highest BCUT2D eigenvalue weighted by atomic mass is 79.9. The van der Waals surface area contributed by atoms with Crippen LogP contribution in [0.1, 0.15) is 25.7 Å². The standard InChI is InChI=1S/C16H21BrN2O3S/c1-23(21,22)19(14-4-2-3-13(17)9-14)10-16(20)18-15-8-11-5-6-12(15)7-11/h2-4,9,11-12,15H,5-8,10H2,1H3,(H,18,20)/t11-,12-,15+/m0/s1. The molecule has 23 heavy (non-hydrogen) atoms. The molecule has 7 heteroatoms. The van der Waals surface area contributed by atoms with E-state index in [0.717, 1.165) is 27.4 Å². The highest BCUT2D eigenvalue weighted by molar-refractivity contribution is 9.10. The first-order chi connectivity index (χ1) is 10.8. The van der Waals surface area contributed by atoms with Gasteiger partial charge in [0.2, 0.25) is 15.9 Å². The number of fused-ring (bicyclic) bond motifs is 2. The maximum absolute atomic E-state index is 12.4. The Hall–Kier alpha value is -1.08. The first-order valence-corrected chi connectivity index (χ1v) is 10.5. The average molecular weight is 401 g/mol. The molecule has 5 nitrogen and oxygen atoms in total. The fraction of sp³-hybridized carbons (Fsp3) is 0.562. The molecule has 2 saturated carbocycles. The van der Waals surface area contributed by atoms with Gasteiger partial charge in [-0.25, -0.2) is 8.42 Å². The fourth-order valence-corrected chi connectivity index (χ4v) is 5.07.